The molecule has 0 fully saturated rings. The maximum atomic E-state index is 13.6. The standard InChI is InChI=1S/C17H14Cl2F2N2O2/c1-17(2,15(24)22-9-6-7-10(18)11(19)8-9)16(25)23-14-12(20)4-3-5-13(14)21/h3-8H,1-2H3,(H,22,24)(H,23,25). The van der Waals surface area contributed by atoms with Crippen LogP contribution in [0.2, 0.25) is 10.0 Å². The van der Waals surface area contributed by atoms with Crippen molar-refractivity contribution in [1.82, 2.24) is 0 Å². The van der Waals surface area contributed by atoms with Gasteiger partial charge in [0.05, 0.1) is 10.0 Å². The van der Waals surface area contributed by atoms with E-state index in [1.807, 2.05) is 0 Å². The van der Waals surface area contributed by atoms with Crippen LogP contribution in [-0.2, 0) is 9.59 Å². The van der Waals surface area contributed by atoms with Crippen molar-refractivity contribution in [2.75, 3.05) is 10.6 Å². The molecule has 2 rings (SSSR count). The topological polar surface area (TPSA) is 58.2 Å². The lowest BCUT2D eigenvalue weighted by Gasteiger charge is -2.23. The van der Waals surface area contributed by atoms with Crippen LogP contribution in [0.15, 0.2) is 36.4 Å². The molecular weight excluding hydrogens is 373 g/mol. The molecule has 0 aliphatic rings. The highest BCUT2D eigenvalue weighted by molar-refractivity contribution is 6.42. The van der Waals surface area contributed by atoms with Crippen LogP contribution >= 0.6 is 23.2 Å². The van der Waals surface area contributed by atoms with Crippen LogP contribution in [0.25, 0.3) is 0 Å². The number of para-hydroxylation sites is 1. The van der Waals surface area contributed by atoms with Crippen LogP contribution in [0.1, 0.15) is 13.8 Å². The van der Waals surface area contributed by atoms with Crippen molar-refractivity contribution < 1.29 is 18.4 Å². The van der Waals surface area contributed by atoms with E-state index >= 15 is 0 Å². The normalized spacial score (nSPS) is 11.1. The van der Waals surface area contributed by atoms with E-state index in [1.54, 1.807) is 0 Å². The van der Waals surface area contributed by atoms with Crippen molar-refractivity contribution in [3.63, 3.8) is 0 Å². The fourth-order valence-electron chi connectivity index (χ4n) is 1.85. The molecule has 0 aliphatic heterocycles. The molecule has 0 aliphatic carbocycles. The van der Waals surface area contributed by atoms with Gasteiger partial charge in [0.1, 0.15) is 22.7 Å². The first-order chi connectivity index (χ1) is 11.6. The number of hydrogen-bond acceptors (Lipinski definition) is 2. The van der Waals surface area contributed by atoms with Gasteiger partial charge in [0.2, 0.25) is 11.8 Å². The number of amides is 2. The van der Waals surface area contributed by atoms with Crippen LogP contribution in [0.4, 0.5) is 20.2 Å². The molecule has 25 heavy (non-hydrogen) atoms. The van der Waals surface area contributed by atoms with Gasteiger partial charge < -0.3 is 10.6 Å². The first kappa shape index (κ1) is 19.1. The van der Waals surface area contributed by atoms with Crippen molar-refractivity contribution in [1.29, 1.82) is 0 Å². The quantitative estimate of drug-likeness (QED) is 0.735. The van der Waals surface area contributed by atoms with Gasteiger partial charge in [-0.05, 0) is 44.2 Å². The molecule has 0 heterocycles. The van der Waals surface area contributed by atoms with E-state index in [4.69, 9.17) is 23.2 Å². The van der Waals surface area contributed by atoms with Crippen LogP contribution in [0, 0.1) is 17.0 Å². The Morgan fingerprint density at radius 1 is 0.920 bits per heavy atom. The zero-order valence-electron chi connectivity index (χ0n) is 13.3. The Kier molecular flexibility index (Phi) is 5.65. The highest BCUT2D eigenvalue weighted by Crippen LogP contribution is 2.28. The number of benzene rings is 2. The summed E-state index contributed by atoms with van der Waals surface area (Å²) in [5.41, 5.74) is -1.89. The molecule has 2 aromatic rings. The molecule has 0 unspecified atom stereocenters. The molecule has 0 radical (unpaired) electrons. The Morgan fingerprint density at radius 3 is 2.04 bits per heavy atom. The van der Waals surface area contributed by atoms with Crippen molar-refractivity contribution >= 4 is 46.4 Å². The van der Waals surface area contributed by atoms with Crippen LogP contribution in [0.3, 0.4) is 0 Å². The monoisotopic (exact) mass is 386 g/mol. The van der Waals surface area contributed by atoms with E-state index in [9.17, 15) is 18.4 Å². The fraction of sp³-hybridized carbons (Fsp3) is 0.176. The smallest absolute Gasteiger partial charge is 0.239 e. The third kappa shape index (κ3) is 4.27. The Morgan fingerprint density at radius 2 is 1.48 bits per heavy atom. The number of halogens is 4. The van der Waals surface area contributed by atoms with Crippen molar-refractivity contribution in [3.8, 4) is 0 Å². The lowest BCUT2D eigenvalue weighted by atomic mass is 9.90. The molecule has 0 saturated carbocycles. The van der Waals surface area contributed by atoms with Gasteiger partial charge in [-0.2, -0.15) is 0 Å². The Hall–Kier alpha value is -2.18. The molecule has 132 valence electrons. The molecule has 0 aromatic heterocycles. The maximum Gasteiger partial charge on any atom is 0.239 e. The molecule has 2 N–H and O–H groups in total. The number of carbonyl (C=O) groups excluding carboxylic acids is 2. The van der Waals surface area contributed by atoms with Crippen molar-refractivity contribution in [2.24, 2.45) is 5.41 Å². The minimum atomic E-state index is -1.61. The van der Waals surface area contributed by atoms with Gasteiger partial charge in [0, 0.05) is 5.69 Å². The minimum Gasteiger partial charge on any atom is -0.325 e. The van der Waals surface area contributed by atoms with E-state index in [2.05, 4.69) is 10.6 Å². The second-order valence-electron chi connectivity index (χ2n) is 5.76. The van der Waals surface area contributed by atoms with E-state index in [0.717, 1.165) is 12.1 Å². The van der Waals surface area contributed by atoms with Crippen molar-refractivity contribution in [3.05, 3.63) is 58.1 Å². The minimum absolute atomic E-state index is 0.232. The van der Waals surface area contributed by atoms with E-state index in [1.165, 1.54) is 38.1 Å². The molecule has 0 bridgehead atoms. The average Bonchev–Trinajstić information content (AvgIpc) is 2.54. The maximum absolute atomic E-state index is 13.6. The van der Waals surface area contributed by atoms with Gasteiger partial charge in [-0.3, -0.25) is 9.59 Å². The molecule has 0 atom stereocenters. The molecule has 0 spiro atoms. The Bertz CT molecular complexity index is 821. The third-order valence-electron chi connectivity index (χ3n) is 3.51. The van der Waals surface area contributed by atoms with E-state index in [-0.39, 0.29) is 5.02 Å². The van der Waals surface area contributed by atoms with Gasteiger partial charge in [-0.25, -0.2) is 8.78 Å². The summed E-state index contributed by atoms with van der Waals surface area (Å²) in [7, 11) is 0. The van der Waals surface area contributed by atoms with Gasteiger partial charge in [-0.15, -0.1) is 0 Å². The summed E-state index contributed by atoms with van der Waals surface area (Å²) in [5.74, 6) is -3.42. The summed E-state index contributed by atoms with van der Waals surface area (Å²) >= 11 is 11.7. The Balaban J connectivity index is 2.17. The predicted octanol–water partition coefficient (Wildman–Crippen LogP) is 4.88. The first-order valence-electron chi connectivity index (χ1n) is 7.15. The lowest BCUT2D eigenvalue weighted by molar-refractivity contribution is -0.135. The van der Waals surface area contributed by atoms with Crippen LogP contribution in [-0.4, -0.2) is 11.8 Å². The molecule has 2 aromatic carbocycles. The van der Waals surface area contributed by atoms with Gasteiger partial charge in [0.25, 0.3) is 0 Å². The zero-order valence-corrected chi connectivity index (χ0v) is 14.8. The first-order valence-corrected chi connectivity index (χ1v) is 7.90. The summed E-state index contributed by atoms with van der Waals surface area (Å²) in [6.07, 6.45) is 0. The Labute approximate surface area is 153 Å². The highest BCUT2D eigenvalue weighted by atomic mass is 35.5. The van der Waals surface area contributed by atoms with E-state index < -0.39 is 34.6 Å². The van der Waals surface area contributed by atoms with Gasteiger partial charge >= 0.3 is 0 Å². The zero-order chi connectivity index (χ0) is 18.8. The SMILES string of the molecule is CC(C)(C(=O)Nc1ccc(Cl)c(Cl)c1)C(=O)Nc1c(F)cccc1F. The lowest BCUT2D eigenvalue weighted by Crippen LogP contribution is -2.41. The summed E-state index contributed by atoms with van der Waals surface area (Å²) in [5, 5.41) is 5.17. The summed E-state index contributed by atoms with van der Waals surface area (Å²) in [6, 6.07) is 7.59. The number of nitrogens with one attached hydrogen (secondary N) is 2. The van der Waals surface area contributed by atoms with Crippen molar-refractivity contribution in [2.45, 2.75) is 13.8 Å². The van der Waals surface area contributed by atoms with Gasteiger partial charge in [0.15, 0.2) is 0 Å². The number of anilines is 2. The van der Waals surface area contributed by atoms with E-state index in [0.29, 0.717) is 10.7 Å². The summed E-state index contributed by atoms with van der Waals surface area (Å²) in [4.78, 5) is 24.7. The van der Waals surface area contributed by atoms with Crippen LogP contribution < -0.4 is 10.6 Å². The third-order valence-corrected chi connectivity index (χ3v) is 4.25. The average molecular weight is 387 g/mol. The molecule has 4 nitrogen and oxygen atoms in total. The molecule has 8 heteroatoms. The largest absolute Gasteiger partial charge is 0.325 e. The summed E-state index contributed by atoms with van der Waals surface area (Å²) < 4.78 is 27.3. The van der Waals surface area contributed by atoms with Gasteiger partial charge in [-0.1, -0.05) is 29.3 Å². The molecular formula is C17H14Cl2F2N2O2. The number of hydrogen-bond donors (Lipinski definition) is 2. The number of rotatable bonds is 4. The predicted molar refractivity (Wildman–Crippen MR) is 93.9 cm³/mol. The fourth-order valence-corrected chi connectivity index (χ4v) is 2.15. The second-order valence-corrected chi connectivity index (χ2v) is 6.57. The highest BCUT2D eigenvalue weighted by Gasteiger charge is 2.37. The number of carbonyl (C=O) groups is 2. The molecule has 2 amide bonds. The second kappa shape index (κ2) is 7.37. The summed E-state index contributed by atoms with van der Waals surface area (Å²) in [6.45, 7) is 2.65. The molecule has 0 saturated heterocycles. The van der Waals surface area contributed by atoms with Crippen LogP contribution in [0.5, 0.6) is 0 Å².